The SMILES string of the molecule is [NH-]Cc1ccnc(Br)c1.[Y]. The van der Waals surface area contributed by atoms with Crippen molar-refractivity contribution in [2.45, 2.75) is 6.54 Å². The molecule has 0 amide bonds. The number of nitrogens with one attached hydrogen (secondary N) is 1. The summed E-state index contributed by atoms with van der Waals surface area (Å²) in [5.74, 6) is 0. The summed E-state index contributed by atoms with van der Waals surface area (Å²) in [6.45, 7) is 0.321. The molecule has 4 heteroatoms. The van der Waals surface area contributed by atoms with Gasteiger partial charge in [0.2, 0.25) is 0 Å². The number of nitrogens with zero attached hydrogens (tertiary/aromatic N) is 1. The molecule has 0 atom stereocenters. The van der Waals surface area contributed by atoms with E-state index < -0.39 is 0 Å². The van der Waals surface area contributed by atoms with Crippen molar-refractivity contribution >= 4 is 15.9 Å². The minimum Gasteiger partial charge on any atom is -0.674 e. The predicted octanol–water partition coefficient (Wildman–Crippen LogP) is 2.39. The summed E-state index contributed by atoms with van der Waals surface area (Å²) in [6.07, 6.45) is 1.69. The van der Waals surface area contributed by atoms with Crippen molar-refractivity contribution in [3.8, 4) is 0 Å². The predicted molar refractivity (Wildman–Crippen MR) is 40.0 cm³/mol. The fourth-order valence-electron chi connectivity index (χ4n) is 0.553. The molecule has 1 N–H and O–H groups in total. The number of hydrogen-bond acceptors (Lipinski definition) is 1. The third-order valence-corrected chi connectivity index (χ3v) is 1.43. The van der Waals surface area contributed by atoms with E-state index in [0.29, 0.717) is 6.54 Å². The molecule has 0 aliphatic rings. The van der Waals surface area contributed by atoms with Gasteiger partial charge in [0.25, 0.3) is 0 Å². The molecule has 0 saturated carbocycles. The summed E-state index contributed by atoms with van der Waals surface area (Å²) in [4.78, 5) is 3.92. The Kier molecular flexibility index (Phi) is 5.73. The molecule has 0 saturated heterocycles. The first-order valence-electron chi connectivity index (χ1n) is 2.58. The molecule has 0 aromatic carbocycles. The van der Waals surface area contributed by atoms with E-state index in [9.17, 15) is 0 Å². The van der Waals surface area contributed by atoms with E-state index in [-0.39, 0.29) is 32.7 Å². The summed E-state index contributed by atoms with van der Waals surface area (Å²) in [7, 11) is 0. The summed E-state index contributed by atoms with van der Waals surface area (Å²) >= 11 is 3.21. The smallest absolute Gasteiger partial charge is 0.106 e. The van der Waals surface area contributed by atoms with Crippen LogP contribution in [0.2, 0.25) is 0 Å². The second-order valence-electron chi connectivity index (χ2n) is 1.66. The van der Waals surface area contributed by atoms with Crippen LogP contribution in [0, 0.1) is 0 Å². The van der Waals surface area contributed by atoms with Crippen LogP contribution < -0.4 is 0 Å². The van der Waals surface area contributed by atoms with Gasteiger partial charge in [-0.3, -0.25) is 0 Å². The molecule has 1 aromatic heterocycles. The zero-order chi connectivity index (χ0) is 6.69. The Bertz CT molecular complexity index is 205. The van der Waals surface area contributed by atoms with Crippen LogP contribution in [-0.4, -0.2) is 4.98 Å². The van der Waals surface area contributed by atoms with Gasteiger partial charge in [0, 0.05) is 38.9 Å². The molecule has 1 aromatic rings. The minimum absolute atomic E-state index is 0. The van der Waals surface area contributed by atoms with Crippen LogP contribution in [0.15, 0.2) is 22.9 Å². The van der Waals surface area contributed by atoms with Gasteiger partial charge < -0.3 is 5.73 Å². The zero-order valence-electron chi connectivity index (χ0n) is 5.34. The molecule has 2 nitrogen and oxygen atoms in total. The van der Waals surface area contributed by atoms with Crippen molar-refractivity contribution in [3.63, 3.8) is 0 Å². The van der Waals surface area contributed by atoms with Crippen LogP contribution in [-0.2, 0) is 39.3 Å². The van der Waals surface area contributed by atoms with Crippen molar-refractivity contribution in [3.05, 3.63) is 34.2 Å². The number of aromatic nitrogens is 1. The molecule has 0 spiro atoms. The van der Waals surface area contributed by atoms with Crippen LogP contribution in [0.5, 0.6) is 0 Å². The third kappa shape index (κ3) is 3.19. The topological polar surface area (TPSA) is 36.7 Å². The minimum atomic E-state index is 0. The van der Waals surface area contributed by atoms with Gasteiger partial charge >= 0.3 is 0 Å². The molecule has 10 heavy (non-hydrogen) atoms. The molecule has 0 fully saturated rings. The fraction of sp³-hybridized carbons (Fsp3) is 0.167. The van der Waals surface area contributed by atoms with Gasteiger partial charge in [-0.05, 0) is 28.1 Å². The summed E-state index contributed by atoms with van der Waals surface area (Å²) in [6, 6.07) is 3.67. The second kappa shape index (κ2) is 5.36. The van der Waals surface area contributed by atoms with Gasteiger partial charge in [-0.15, -0.1) is 6.54 Å². The van der Waals surface area contributed by atoms with Gasteiger partial charge in [-0.25, -0.2) is 4.98 Å². The van der Waals surface area contributed by atoms with E-state index in [4.69, 9.17) is 5.73 Å². The molecule has 0 aliphatic carbocycles. The Morgan fingerprint density at radius 1 is 1.60 bits per heavy atom. The molecule has 51 valence electrons. The van der Waals surface area contributed by atoms with Crippen molar-refractivity contribution in [1.29, 1.82) is 0 Å². The maximum absolute atomic E-state index is 6.99. The molecule has 0 aliphatic heterocycles. The van der Waals surface area contributed by atoms with E-state index in [1.54, 1.807) is 6.20 Å². The average molecular weight is 275 g/mol. The van der Waals surface area contributed by atoms with Crippen molar-refractivity contribution in [2.75, 3.05) is 0 Å². The summed E-state index contributed by atoms with van der Waals surface area (Å²) in [5.41, 5.74) is 7.97. The van der Waals surface area contributed by atoms with E-state index >= 15 is 0 Å². The van der Waals surface area contributed by atoms with Crippen LogP contribution in [0.25, 0.3) is 5.73 Å². The number of pyridine rings is 1. The fourth-order valence-corrected chi connectivity index (χ4v) is 0.965. The van der Waals surface area contributed by atoms with Crippen molar-refractivity contribution in [1.82, 2.24) is 4.98 Å². The number of halogens is 1. The molecule has 0 unspecified atom stereocenters. The molecule has 0 bridgehead atoms. The first-order chi connectivity index (χ1) is 4.33. The molecule has 1 heterocycles. The Balaban J connectivity index is 0.000000810. The van der Waals surface area contributed by atoms with Gasteiger partial charge in [0.05, 0.1) is 0 Å². The van der Waals surface area contributed by atoms with Gasteiger partial charge in [-0.2, -0.15) is 0 Å². The Morgan fingerprint density at radius 3 is 2.70 bits per heavy atom. The monoisotopic (exact) mass is 274 g/mol. The number of rotatable bonds is 1. The standard InChI is InChI=1S/C6H6BrN2.Y/c7-6-3-5(4-8)1-2-9-6;/h1-3,8H,4H2;/q-1;. The largest absolute Gasteiger partial charge is 0.674 e. The maximum Gasteiger partial charge on any atom is 0.106 e. The normalized spacial score (nSPS) is 8.60. The molecular weight excluding hydrogens is 269 g/mol. The van der Waals surface area contributed by atoms with Gasteiger partial charge in [0.15, 0.2) is 0 Å². The number of hydrogen-bond donors (Lipinski definition) is 0. The van der Waals surface area contributed by atoms with Crippen LogP contribution in [0.1, 0.15) is 5.56 Å². The van der Waals surface area contributed by atoms with Crippen LogP contribution in [0.3, 0.4) is 0 Å². The summed E-state index contributed by atoms with van der Waals surface area (Å²) in [5, 5.41) is 0. The first-order valence-corrected chi connectivity index (χ1v) is 3.37. The van der Waals surface area contributed by atoms with Crippen molar-refractivity contribution < 1.29 is 32.7 Å². The maximum atomic E-state index is 6.99. The molecule has 1 rings (SSSR count). The second-order valence-corrected chi connectivity index (χ2v) is 2.48. The van der Waals surface area contributed by atoms with E-state index in [0.717, 1.165) is 10.2 Å². The Hall–Kier alpha value is 0.694. The molecule has 1 radical (unpaired) electrons. The average Bonchev–Trinajstić information content (AvgIpc) is 1.88. The van der Waals surface area contributed by atoms with Gasteiger partial charge in [-0.1, -0.05) is 5.56 Å². The summed E-state index contributed by atoms with van der Waals surface area (Å²) < 4.78 is 0.798. The van der Waals surface area contributed by atoms with E-state index in [1.807, 2.05) is 12.1 Å². The zero-order valence-corrected chi connectivity index (χ0v) is 9.77. The van der Waals surface area contributed by atoms with E-state index in [1.165, 1.54) is 0 Å². The van der Waals surface area contributed by atoms with Crippen molar-refractivity contribution in [2.24, 2.45) is 0 Å². The quantitative estimate of drug-likeness (QED) is 0.725. The van der Waals surface area contributed by atoms with Crippen LogP contribution in [0.4, 0.5) is 0 Å². The van der Waals surface area contributed by atoms with E-state index in [2.05, 4.69) is 20.9 Å². The Morgan fingerprint density at radius 2 is 2.30 bits per heavy atom. The first kappa shape index (κ1) is 10.7. The Labute approximate surface area is 93.6 Å². The third-order valence-electron chi connectivity index (χ3n) is 0.995. The van der Waals surface area contributed by atoms with Crippen LogP contribution >= 0.6 is 15.9 Å². The molecular formula is C6H6BrN2Y-. The van der Waals surface area contributed by atoms with Gasteiger partial charge in [0.1, 0.15) is 4.60 Å².